The topological polar surface area (TPSA) is 65.3 Å². The van der Waals surface area contributed by atoms with E-state index in [1.54, 1.807) is 12.1 Å². The molecule has 0 saturated carbocycles. The Kier molecular flexibility index (Phi) is 3.71. The van der Waals surface area contributed by atoms with Gasteiger partial charge in [-0.1, -0.05) is 23.7 Å². The lowest BCUT2D eigenvalue weighted by molar-refractivity contribution is 0.0978. The molecule has 81 valence electrons. The molecule has 1 amide bonds. The molecule has 0 saturated heterocycles. The Morgan fingerprint density at radius 2 is 2.00 bits per heavy atom. The molecule has 6 heteroatoms. The second kappa shape index (κ2) is 4.63. The van der Waals surface area contributed by atoms with Crippen molar-refractivity contribution >= 4 is 27.5 Å². The first-order chi connectivity index (χ1) is 6.96. The van der Waals surface area contributed by atoms with Gasteiger partial charge in [0.25, 0.3) is 15.9 Å². The van der Waals surface area contributed by atoms with E-state index in [4.69, 9.17) is 11.6 Å². The summed E-state index contributed by atoms with van der Waals surface area (Å²) in [5.74, 6) is -1.04. The zero-order valence-corrected chi connectivity index (χ0v) is 9.55. The summed E-state index contributed by atoms with van der Waals surface area (Å²) in [6, 6.07) is 6.17. The van der Waals surface area contributed by atoms with E-state index in [1.165, 1.54) is 19.1 Å². The fourth-order valence-electron chi connectivity index (χ4n) is 0.875. The minimum Gasteiger partial charge on any atom is -0.266 e. The van der Waals surface area contributed by atoms with Crippen LogP contribution in [0, 0.1) is 0 Å². The minimum absolute atomic E-state index is 0.0937. The number of hydrogen-bond acceptors (Lipinski definition) is 3. The number of rotatable bonds is 3. The van der Waals surface area contributed by atoms with Crippen molar-refractivity contribution in [2.24, 2.45) is 0 Å². The number of sulfonamides is 1. The fourth-order valence-corrected chi connectivity index (χ4v) is 1.57. The van der Waals surface area contributed by atoms with Gasteiger partial charge in [-0.3, -0.25) is 4.79 Å². The molecule has 4 nitrogen and oxygen atoms in total. The molecule has 0 aliphatic rings. The highest BCUT2D eigenvalue weighted by Crippen LogP contribution is 2.15. The summed E-state index contributed by atoms with van der Waals surface area (Å²) in [4.78, 5) is 11.4. The van der Waals surface area contributed by atoms with Crippen molar-refractivity contribution in [3.63, 3.8) is 0 Å². The van der Waals surface area contributed by atoms with Gasteiger partial charge in [-0.05, 0) is 19.1 Å². The van der Waals surface area contributed by atoms with Crippen molar-refractivity contribution in [2.45, 2.75) is 6.92 Å². The van der Waals surface area contributed by atoms with E-state index in [-0.39, 0.29) is 16.3 Å². The van der Waals surface area contributed by atoms with Crippen molar-refractivity contribution in [3.05, 3.63) is 34.9 Å². The fraction of sp³-hybridized carbons (Fsp3) is 0.222. The van der Waals surface area contributed by atoms with Gasteiger partial charge in [-0.15, -0.1) is 4.72 Å². The van der Waals surface area contributed by atoms with Gasteiger partial charge >= 0.3 is 0 Å². The summed E-state index contributed by atoms with van der Waals surface area (Å²) < 4.78 is 25.2. The number of benzene rings is 1. The normalized spacial score (nSPS) is 11.1. The van der Waals surface area contributed by atoms with E-state index >= 15 is 0 Å². The first-order valence-corrected chi connectivity index (χ1v) is 6.19. The molecule has 1 aromatic rings. The highest BCUT2D eigenvalue weighted by Gasteiger charge is 2.18. The molecule has 0 atom stereocenters. The molecule has 0 bridgehead atoms. The van der Waals surface area contributed by atoms with Crippen molar-refractivity contribution < 1.29 is 13.2 Å². The number of halogens is 1. The molecule has 1 radical (unpaired) electrons. The van der Waals surface area contributed by atoms with Crippen LogP contribution in [0.2, 0.25) is 5.02 Å². The molecule has 0 aliphatic heterocycles. The van der Waals surface area contributed by atoms with Gasteiger partial charge in [-0.25, -0.2) is 8.42 Å². The minimum atomic E-state index is -3.67. The predicted molar refractivity (Wildman–Crippen MR) is 57.4 cm³/mol. The largest absolute Gasteiger partial charge is 0.289 e. The summed E-state index contributed by atoms with van der Waals surface area (Å²) >= 11 is 5.72. The van der Waals surface area contributed by atoms with Crippen molar-refractivity contribution in [1.29, 1.82) is 0 Å². The molecule has 0 N–H and O–H groups in total. The Labute approximate surface area is 93.3 Å². The Morgan fingerprint density at radius 1 is 1.40 bits per heavy atom. The number of carbonyl (C=O) groups is 1. The van der Waals surface area contributed by atoms with Crippen LogP contribution < -0.4 is 4.72 Å². The Morgan fingerprint density at radius 3 is 2.53 bits per heavy atom. The molecule has 0 heterocycles. The number of carbonyl (C=O) groups excluding carboxylic acids is 1. The van der Waals surface area contributed by atoms with Gasteiger partial charge < -0.3 is 0 Å². The summed E-state index contributed by atoms with van der Waals surface area (Å²) in [7, 11) is -3.67. The molecule has 0 fully saturated rings. The Hall–Kier alpha value is -1.07. The maximum absolute atomic E-state index is 11.4. The van der Waals surface area contributed by atoms with Crippen LogP contribution in [0.15, 0.2) is 24.3 Å². The van der Waals surface area contributed by atoms with Crippen LogP contribution in [0.3, 0.4) is 0 Å². The van der Waals surface area contributed by atoms with E-state index in [9.17, 15) is 13.2 Å². The van der Waals surface area contributed by atoms with Crippen molar-refractivity contribution in [1.82, 2.24) is 4.72 Å². The molecular weight excluding hydrogens is 238 g/mol. The van der Waals surface area contributed by atoms with Crippen LogP contribution in [-0.2, 0) is 10.0 Å². The molecule has 1 rings (SSSR count). The first-order valence-electron chi connectivity index (χ1n) is 4.21. The summed E-state index contributed by atoms with van der Waals surface area (Å²) in [5.41, 5.74) is 0.0937. The van der Waals surface area contributed by atoms with Gasteiger partial charge in [0.05, 0.1) is 16.3 Å². The first kappa shape index (κ1) is 12.0. The Balaban J connectivity index is 2.93. The maximum atomic E-state index is 11.4. The monoisotopic (exact) mass is 246 g/mol. The van der Waals surface area contributed by atoms with Gasteiger partial charge in [0.2, 0.25) is 0 Å². The maximum Gasteiger partial charge on any atom is 0.289 e. The lowest BCUT2D eigenvalue weighted by Crippen LogP contribution is -2.24. The zero-order valence-electron chi connectivity index (χ0n) is 7.97. The molecule has 0 unspecified atom stereocenters. The highest BCUT2D eigenvalue weighted by molar-refractivity contribution is 7.89. The molecule has 1 aromatic carbocycles. The zero-order chi connectivity index (χ0) is 11.5. The smallest absolute Gasteiger partial charge is 0.266 e. The molecule has 0 aliphatic carbocycles. The van der Waals surface area contributed by atoms with Crippen LogP contribution >= 0.6 is 11.6 Å². The van der Waals surface area contributed by atoms with Crippen LogP contribution in [0.4, 0.5) is 0 Å². The van der Waals surface area contributed by atoms with Crippen LogP contribution in [-0.4, -0.2) is 20.1 Å². The van der Waals surface area contributed by atoms with Crippen LogP contribution in [0.25, 0.3) is 0 Å². The third-order valence-electron chi connectivity index (χ3n) is 1.69. The Bertz CT molecular complexity index is 470. The van der Waals surface area contributed by atoms with E-state index < -0.39 is 15.9 Å². The van der Waals surface area contributed by atoms with Gasteiger partial charge in [0.1, 0.15) is 0 Å². The third kappa shape index (κ3) is 3.21. The van der Waals surface area contributed by atoms with E-state index in [0.717, 1.165) is 0 Å². The van der Waals surface area contributed by atoms with Crippen LogP contribution in [0.5, 0.6) is 0 Å². The predicted octanol–water partition coefficient (Wildman–Crippen LogP) is 1.43. The molecule has 0 spiro atoms. The lowest BCUT2D eigenvalue weighted by atomic mass is 10.2. The molecule has 15 heavy (non-hydrogen) atoms. The summed E-state index contributed by atoms with van der Waals surface area (Å²) in [6.07, 6.45) is 0. The number of hydrogen-bond donors (Lipinski definition) is 0. The molecule has 0 aromatic heterocycles. The van der Waals surface area contributed by atoms with Crippen LogP contribution in [0.1, 0.15) is 17.3 Å². The van der Waals surface area contributed by atoms with Gasteiger partial charge in [0.15, 0.2) is 0 Å². The SMILES string of the molecule is CCS(=O)(=O)[N]C(=O)c1ccccc1Cl. The lowest BCUT2D eigenvalue weighted by Gasteiger charge is -2.02. The highest BCUT2D eigenvalue weighted by atomic mass is 35.5. The third-order valence-corrected chi connectivity index (χ3v) is 3.19. The average molecular weight is 247 g/mol. The molecular formula is C9H9ClNO3S. The van der Waals surface area contributed by atoms with E-state index in [2.05, 4.69) is 4.72 Å². The average Bonchev–Trinajstić information content (AvgIpc) is 2.17. The summed E-state index contributed by atoms with van der Waals surface area (Å²) in [5, 5.41) is 0.192. The van der Waals surface area contributed by atoms with E-state index in [0.29, 0.717) is 0 Å². The number of amides is 1. The van der Waals surface area contributed by atoms with E-state index in [1.807, 2.05) is 0 Å². The van der Waals surface area contributed by atoms with Gasteiger partial charge in [0, 0.05) is 0 Å². The standard InChI is InChI=1S/C9H9ClNO3S/c1-2-15(13,14)11-9(12)7-5-3-4-6-8(7)10/h3-6H,2H2,1H3. The van der Waals surface area contributed by atoms with Gasteiger partial charge in [-0.2, -0.15) is 0 Å². The van der Waals surface area contributed by atoms with Crippen molar-refractivity contribution in [3.8, 4) is 0 Å². The quantitative estimate of drug-likeness (QED) is 0.811. The second-order valence-corrected chi connectivity index (χ2v) is 5.08. The second-order valence-electron chi connectivity index (χ2n) is 2.75. The van der Waals surface area contributed by atoms with Crippen molar-refractivity contribution in [2.75, 3.05) is 5.75 Å². The number of nitrogens with zero attached hydrogens (tertiary/aromatic N) is 1. The summed E-state index contributed by atoms with van der Waals surface area (Å²) in [6.45, 7) is 1.42.